The molecular formula is C23H20FN7O3. The summed E-state index contributed by atoms with van der Waals surface area (Å²) in [7, 11) is 0. The number of nitrogens with zero attached hydrogens (tertiary/aromatic N) is 6. The number of amides is 2. The molecule has 0 fully saturated rings. The molecular weight excluding hydrogens is 441 g/mol. The molecule has 34 heavy (non-hydrogen) atoms. The Kier molecular flexibility index (Phi) is 5.36. The Balaban J connectivity index is 1.54. The first-order valence-corrected chi connectivity index (χ1v) is 10.7. The SMILES string of the molecule is CCc1cc2n(CC(=O)Nc3ccc(F)cn3)c3c(c(=O)n2n1)CN(Cc1ccccn1)C3=O. The van der Waals surface area contributed by atoms with E-state index in [9.17, 15) is 18.8 Å². The maximum Gasteiger partial charge on any atom is 0.280 e. The van der Waals surface area contributed by atoms with Crippen LogP contribution in [0, 0.1) is 5.82 Å². The zero-order chi connectivity index (χ0) is 23.8. The van der Waals surface area contributed by atoms with E-state index in [0.29, 0.717) is 23.5 Å². The minimum Gasteiger partial charge on any atom is -0.327 e. The van der Waals surface area contributed by atoms with Crippen LogP contribution in [0.25, 0.3) is 5.65 Å². The average molecular weight is 461 g/mol. The Morgan fingerprint density at radius 3 is 2.71 bits per heavy atom. The van der Waals surface area contributed by atoms with Crippen molar-refractivity contribution in [3.8, 4) is 0 Å². The third-order valence-electron chi connectivity index (χ3n) is 5.60. The predicted octanol–water partition coefficient (Wildman–Crippen LogP) is 1.78. The van der Waals surface area contributed by atoms with Crippen LogP contribution in [0.5, 0.6) is 0 Å². The molecule has 1 aliphatic rings. The van der Waals surface area contributed by atoms with E-state index >= 15 is 0 Å². The monoisotopic (exact) mass is 461 g/mol. The Labute approximate surface area is 192 Å². The number of nitrogens with one attached hydrogen (secondary N) is 1. The molecule has 5 heterocycles. The summed E-state index contributed by atoms with van der Waals surface area (Å²) in [5.74, 6) is -1.21. The third kappa shape index (κ3) is 3.81. The van der Waals surface area contributed by atoms with E-state index in [1.165, 1.54) is 26.1 Å². The van der Waals surface area contributed by atoms with E-state index in [1.54, 1.807) is 24.4 Å². The largest absolute Gasteiger partial charge is 0.327 e. The van der Waals surface area contributed by atoms with Gasteiger partial charge in [0.25, 0.3) is 11.5 Å². The molecule has 0 aliphatic carbocycles. The standard InChI is InChI=1S/C23H20FN7O3/c1-2-15-9-20-30(13-19(32)27-18-7-6-14(24)10-26-18)21-17(22(33)31(20)28-15)12-29(23(21)34)11-16-5-3-4-8-25-16/h3-10H,2,11-13H2,1H3,(H,26,27,32). The molecule has 1 aliphatic heterocycles. The van der Waals surface area contributed by atoms with E-state index in [2.05, 4.69) is 20.4 Å². The van der Waals surface area contributed by atoms with E-state index < -0.39 is 17.3 Å². The van der Waals surface area contributed by atoms with Crippen molar-refractivity contribution in [2.24, 2.45) is 0 Å². The van der Waals surface area contributed by atoms with Gasteiger partial charge in [-0.05, 0) is 30.7 Å². The molecule has 0 aromatic carbocycles. The van der Waals surface area contributed by atoms with Crippen molar-refractivity contribution in [1.29, 1.82) is 0 Å². The van der Waals surface area contributed by atoms with Crippen LogP contribution in [-0.2, 0) is 30.8 Å². The molecule has 10 nitrogen and oxygen atoms in total. The first kappa shape index (κ1) is 21.4. The van der Waals surface area contributed by atoms with Gasteiger partial charge >= 0.3 is 0 Å². The normalized spacial score (nSPS) is 12.9. The van der Waals surface area contributed by atoms with Gasteiger partial charge in [-0.2, -0.15) is 9.61 Å². The summed E-state index contributed by atoms with van der Waals surface area (Å²) in [6, 6.07) is 9.62. The van der Waals surface area contributed by atoms with Crippen LogP contribution in [0.15, 0.2) is 53.6 Å². The number of hydrogen-bond acceptors (Lipinski definition) is 6. The highest BCUT2D eigenvalue weighted by atomic mass is 19.1. The molecule has 11 heteroatoms. The van der Waals surface area contributed by atoms with Crippen molar-refractivity contribution in [3.05, 3.63) is 87.6 Å². The van der Waals surface area contributed by atoms with Gasteiger partial charge < -0.3 is 14.8 Å². The molecule has 5 rings (SSSR count). The number of anilines is 1. The summed E-state index contributed by atoms with van der Waals surface area (Å²) >= 11 is 0. The van der Waals surface area contributed by atoms with Crippen molar-refractivity contribution >= 4 is 23.3 Å². The number of pyridine rings is 2. The fourth-order valence-electron chi connectivity index (χ4n) is 3.99. The highest BCUT2D eigenvalue weighted by Gasteiger charge is 2.35. The van der Waals surface area contributed by atoms with Gasteiger partial charge in [-0.15, -0.1) is 0 Å². The molecule has 0 spiro atoms. The van der Waals surface area contributed by atoms with Crippen molar-refractivity contribution in [2.45, 2.75) is 33.0 Å². The molecule has 0 saturated carbocycles. The lowest BCUT2D eigenvalue weighted by molar-refractivity contribution is -0.116. The van der Waals surface area contributed by atoms with Crippen LogP contribution in [0.1, 0.15) is 34.4 Å². The first-order valence-electron chi connectivity index (χ1n) is 10.7. The summed E-state index contributed by atoms with van der Waals surface area (Å²) in [5.41, 5.74) is 1.72. The van der Waals surface area contributed by atoms with Gasteiger partial charge in [0.05, 0.1) is 36.2 Å². The van der Waals surface area contributed by atoms with Crippen LogP contribution < -0.4 is 10.9 Å². The van der Waals surface area contributed by atoms with Gasteiger partial charge in [0.1, 0.15) is 29.5 Å². The number of fused-ring (bicyclic) bond motifs is 2. The number of aryl methyl sites for hydroxylation is 1. The van der Waals surface area contributed by atoms with Crippen molar-refractivity contribution in [1.82, 2.24) is 29.0 Å². The fraction of sp³-hybridized carbons (Fsp3) is 0.217. The third-order valence-corrected chi connectivity index (χ3v) is 5.60. The molecule has 4 aromatic heterocycles. The van der Waals surface area contributed by atoms with Gasteiger partial charge in [-0.1, -0.05) is 13.0 Å². The lowest BCUT2D eigenvalue weighted by Gasteiger charge is -2.16. The fourth-order valence-corrected chi connectivity index (χ4v) is 3.99. The lowest BCUT2D eigenvalue weighted by Crippen LogP contribution is -2.30. The van der Waals surface area contributed by atoms with Crippen LogP contribution >= 0.6 is 0 Å². The van der Waals surface area contributed by atoms with Gasteiger partial charge in [0.15, 0.2) is 0 Å². The molecule has 0 radical (unpaired) electrons. The second-order valence-electron chi connectivity index (χ2n) is 7.87. The van der Waals surface area contributed by atoms with Crippen LogP contribution in [0.3, 0.4) is 0 Å². The van der Waals surface area contributed by atoms with Crippen LogP contribution in [-0.4, -0.2) is 40.9 Å². The smallest absolute Gasteiger partial charge is 0.280 e. The number of halogens is 1. The molecule has 2 amide bonds. The van der Waals surface area contributed by atoms with E-state index in [1.807, 2.05) is 13.0 Å². The summed E-state index contributed by atoms with van der Waals surface area (Å²) in [6.45, 7) is 1.95. The predicted molar refractivity (Wildman–Crippen MR) is 119 cm³/mol. The summed E-state index contributed by atoms with van der Waals surface area (Å²) < 4.78 is 15.9. The Hall–Kier alpha value is -4.41. The molecule has 0 atom stereocenters. The lowest BCUT2D eigenvalue weighted by atomic mass is 10.2. The van der Waals surface area contributed by atoms with Crippen molar-refractivity contribution < 1.29 is 14.0 Å². The average Bonchev–Trinajstić information content (AvgIpc) is 3.41. The van der Waals surface area contributed by atoms with E-state index in [-0.39, 0.29) is 42.6 Å². The second kappa shape index (κ2) is 8.50. The zero-order valence-electron chi connectivity index (χ0n) is 18.2. The number of rotatable bonds is 6. The Bertz CT molecular complexity index is 1460. The van der Waals surface area contributed by atoms with E-state index in [4.69, 9.17) is 0 Å². The molecule has 0 unspecified atom stereocenters. The number of carbonyl (C=O) groups excluding carboxylic acids is 2. The van der Waals surface area contributed by atoms with Crippen molar-refractivity contribution in [3.63, 3.8) is 0 Å². The quantitative estimate of drug-likeness (QED) is 0.468. The zero-order valence-corrected chi connectivity index (χ0v) is 18.2. The number of hydrogen-bond donors (Lipinski definition) is 1. The second-order valence-corrected chi connectivity index (χ2v) is 7.87. The highest BCUT2D eigenvalue weighted by Crippen LogP contribution is 2.24. The van der Waals surface area contributed by atoms with Gasteiger partial charge in [0.2, 0.25) is 5.91 Å². The maximum atomic E-state index is 13.4. The Morgan fingerprint density at radius 2 is 2.00 bits per heavy atom. The van der Waals surface area contributed by atoms with Crippen molar-refractivity contribution in [2.75, 3.05) is 5.32 Å². The van der Waals surface area contributed by atoms with E-state index in [0.717, 1.165) is 6.20 Å². The minimum atomic E-state index is -0.525. The topological polar surface area (TPSA) is 114 Å². The number of carbonyl (C=O) groups is 2. The summed E-state index contributed by atoms with van der Waals surface area (Å²) in [5, 5.41) is 6.95. The summed E-state index contributed by atoms with van der Waals surface area (Å²) in [4.78, 5) is 49.0. The molecule has 1 N–H and O–H groups in total. The molecule has 172 valence electrons. The molecule has 4 aromatic rings. The van der Waals surface area contributed by atoms with Gasteiger partial charge in [0, 0.05) is 12.3 Å². The van der Waals surface area contributed by atoms with Gasteiger partial charge in [-0.25, -0.2) is 9.37 Å². The van der Waals surface area contributed by atoms with Gasteiger partial charge in [-0.3, -0.25) is 19.4 Å². The Morgan fingerprint density at radius 1 is 1.15 bits per heavy atom. The molecule has 0 saturated heterocycles. The minimum absolute atomic E-state index is 0.0853. The maximum absolute atomic E-state index is 13.4. The highest BCUT2D eigenvalue weighted by molar-refractivity contribution is 5.98. The summed E-state index contributed by atoms with van der Waals surface area (Å²) in [6.07, 6.45) is 3.21. The first-order chi connectivity index (χ1) is 16.4. The number of aromatic nitrogens is 5. The van der Waals surface area contributed by atoms with Crippen LogP contribution in [0.4, 0.5) is 10.2 Å². The molecule has 0 bridgehead atoms. The van der Waals surface area contributed by atoms with Crippen LogP contribution in [0.2, 0.25) is 0 Å².